The van der Waals surface area contributed by atoms with E-state index in [0.717, 1.165) is 37.5 Å². The molecular weight excluding hydrogens is 339 g/mol. The number of halogens is 2. The Bertz CT molecular complexity index is 826. The molecule has 0 unspecified atom stereocenters. The summed E-state index contributed by atoms with van der Waals surface area (Å²) in [5.74, 6) is 0.420. The Morgan fingerprint density at radius 3 is 2.86 bits per heavy atom. The minimum absolute atomic E-state index is 0.333. The Morgan fingerprint density at radius 1 is 1.24 bits per heavy atom. The van der Waals surface area contributed by atoms with E-state index in [0.29, 0.717) is 15.6 Å². The number of fused-ring (bicyclic) bond motifs is 3. The van der Waals surface area contributed by atoms with Crippen molar-refractivity contribution in [3.05, 3.63) is 28.7 Å². The van der Waals surface area contributed by atoms with Gasteiger partial charge in [-0.15, -0.1) is 0 Å². The van der Waals surface area contributed by atoms with E-state index in [4.69, 9.17) is 0 Å². The quantitative estimate of drug-likeness (QED) is 0.722. The standard InChI is InChI=1S/C13H12BrFN6/c14-8-5-11-10(6-9(8)15)19-13(12-17-7-18-21(11)12)20-3-1-16-2-4-20/h5-7,16H,1-4H2. The molecule has 1 aromatic carbocycles. The lowest BCUT2D eigenvalue weighted by molar-refractivity contribution is 0.585. The van der Waals surface area contributed by atoms with Gasteiger partial charge in [0.05, 0.1) is 15.5 Å². The second-order valence-corrected chi connectivity index (χ2v) is 5.78. The molecule has 6 nitrogen and oxygen atoms in total. The Labute approximate surface area is 128 Å². The zero-order valence-electron chi connectivity index (χ0n) is 11.1. The fourth-order valence-electron chi connectivity index (χ4n) is 2.61. The summed E-state index contributed by atoms with van der Waals surface area (Å²) in [5, 5.41) is 7.55. The Morgan fingerprint density at radius 2 is 2.05 bits per heavy atom. The van der Waals surface area contributed by atoms with Crippen molar-refractivity contribution in [3.8, 4) is 0 Å². The molecule has 3 heterocycles. The van der Waals surface area contributed by atoms with E-state index in [9.17, 15) is 4.39 Å². The number of hydrogen-bond donors (Lipinski definition) is 1. The van der Waals surface area contributed by atoms with Gasteiger partial charge in [0.2, 0.25) is 0 Å². The van der Waals surface area contributed by atoms with E-state index in [2.05, 4.69) is 41.2 Å². The van der Waals surface area contributed by atoms with E-state index >= 15 is 0 Å². The van der Waals surface area contributed by atoms with Gasteiger partial charge in [0.1, 0.15) is 12.1 Å². The highest BCUT2D eigenvalue weighted by atomic mass is 79.9. The fraction of sp³-hybridized carbons (Fsp3) is 0.308. The van der Waals surface area contributed by atoms with Gasteiger partial charge in [-0.05, 0) is 22.0 Å². The van der Waals surface area contributed by atoms with Crippen molar-refractivity contribution in [3.63, 3.8) is 0 Å². The first-order valence-electron chi connectivity index (χ1n) is 6.68. The van der Waals surface area contributed by atoms with Gasteiger partial charge in [0.15, 0.2) is 11.5 Å². The number of nitrogens with zero attached hydrogens (tertiary/aromatic N) is 5. The maximum atomic E-state index is 13.8. The van der Waals surface area contributed by atoms with Crippen LogP contribution in [0.4, 0.5) is 10.2 Å². The molecule has 1 aliphatic heterocycles. The molecule has 21 heavy (non-hydrogen) atoms. The van der Waals surface area contributed by atoms with Gasteiger partial charge < -0.3 is 10.2 Å². The average Bonchev–Trinajstić information content (AvgIpc) is 2.99. The van der Waals surface area contributed by atoms with Crippen LogP contribution in [-0.4, -0.2) is 45.8 Å². The van der Waals surface area contributed by atoms with Crippen molar-refractivity contribution < 1.29 is 4.39 Å². The molecule has 1 fully saturated rings. The first kappa shape index (κ1) is 12.9. The van der Waals surface area contributed by atoms with E-state index in [1.165, 1.54) is 12.4 Å². The summed E-state index contributed by atoms with van der Waals surface area (Å²) >= 11 is 3.20. The lowest BCUT2D eigenvalue weighted by atomic mass is 10.3. The van der Waals surface area contributed by atoms with E-state index in [-0.39, 0.29) is 5.82 Å². The van der Waals surface area contributed by atoms with Gasteiger partial charge >= 0.3 is 0 Å². The lowest BCUT2D eigenvalue weighted by Crippen LogP contribution is -2.44. The second-order valence-electron chi connectivity index (χ2n) is 4.92. The van der Waals surface area contributed by atoms with Crippen LogP contribution in [0, 0.1) is 5.82 Å². The fourth-order valence-corrected chi connectivity index (χ4v) is 2.94. The van der Waals surface area contributed by atoms with Crippen molar-refractivity contribution in [2.24, 2.45) is 0 Å². The highest BCUT2D eigenvalue weighted by Crippen LogP contribution is 2.27. The van der Waals surface area contributed by atoms with Crippen LogP contribution in [0.15, 0.2) is 22.9 Å². The Kier molecular flexibility index (Phi) is 3.00. The number of aromatic nitrogens is 4. The van der Waals surface area contributed by atoms with Crippen molar-refractivity contribution >= 4 is 38.4 Å². The average molecular weight is 351 g/mol. The number of anilines is 1. The summed E-state index contributed by atoms with van der Waals surface area (Å²) in [5.41, 5.74) is 2.00. The van der Waals surface area contributed by atoms with Gasteiger partial charge in [-0.25, -0.2) is 18.9 Å². The van der Waals surface area contributed by atoms with Crippen LogP contribution in [0.5, 0.6) is 0 Å². The molecule has 0 spiro atoms. The summed E-state index contributed by atoms with van der Waals surface area (Å²) in [6, 6.07) is 3.10. The minimum Gasteiger partial charge on any atom is -0.351 e. The van der Waals surface area contributed by atoms with Gasteiger partial charge in [0.25, 0.3) is 0 Å². The van der Waals surface area contributed by atoms with E-state index in [1.807, 2.05) is 0 Å². The van der Waals surface area contributed by atoms with Crippen LogP contribution in [0.2, 0.25) is 0 Å². The molecule has 1 saturated heterocycles. The normalized spacial score (nSPS) is 16.0. The largest absolute Gasteiger partial charge is 0.351 e. The van der Waals surface area contributed by atoms with Crippen LogP contribution >= 0.6 is 15.9 Å². The van der Waals surface area contributed by atoms with Crippen molar-refractivity contribution in [2.45, 2.75) is 0 Å². The highest BCUT2D eigenvalue weighted by Gasteiger charge is 2.19. The highest BCUT2D eigenvalue weighted by molar-refractivity contribution is 9.10. The number of rotatable bonds is 1. The Balaban J connectivity index is 2.00. The molecule has 0 radical (unpaired) electrons. The first-order chi connectivity index (χ1) is 10.2. The molecule has 0 amide bonds. The minimum atomic E-state index is -0.333. The van der Waals surface area contributed by atoms with E-state index in [1.54, 1.807) is 10.6 Å². The summed E-state index contributed by atoms with van der Waals surface area (Å²) < 4.78 is 15.9. The van der Waals surface area contributed by atoms with E-state index < -0.39 is 0 Å². The summed E-state index contributed by atoms with van der Waals surface area (Å²) in [4.78, 5) is 11.1. The van der Waals surface area contributed by atoms with Crippen LogP contribution in [0.25, 0.3) is 16.7 Å². The maximum absolute atomic E-state index is 13.8. The molecular formula is C13H12BrFN6. The predicted molar refractivity (Wildman–Crippen MR) is 81.0 cm³/mol. The molecule has 0 aliphatic carbocycles. The second kappa shape index (κ2) is 4.88. The maximum Gasteiger partial charge on any atom is 0.199 e. The number of hydrogen-bond acceptors (Lipinski definition) is 5. The van der Waals surface area contributed by atoms with Crippen LogP contribution in [-0.2, 0) is 0 Å². The molecule has 4 rings (SSSR count). The van der Waals surface area contributed by atoms with Gasteiger partial charge in [-0.1, -0.05) is 0 Å². The monoisotopic (exact) mass is 350 g/mol. The number of nitrogens with one attached hydrogen (secondary N) is 1. The topological polar surface area (TPSA) is 58.4 Å². The zero-order valence-corrected chi connectivity index (χ0v) is 12.6. The molecule has 108 valence electrons. The van der Waals surface area contributed by atoms with Crippen molar-refractivity contribution in [1.29, 1.82) is 0 Å². The first-order valence-corrected chi connectivity index (χ1v) is 7.47. The third kappa shape index (κ3) is 2.06. The van der Waals surface area contributed by atoms with Crippen LogP contribution < -0.4 is 10.2 Å². The summed E-state index contributed by atoms with van der Waals surface area (Å²) in [6.07, 6.45) is 1.50. The zero-order chi connectivity index (χ0) is 14.4. The molecule has 1 aliphatic rings. The Hall–Kier alpha value is -1.80. The molecule has 8 heteroatoms. The number of piperazine rings is 1. The SMILES string of the molecule is Fc1cc2nc(N3CCNCC3)c3ncnn3c2cc1Br. The molecule has 1 N–H and O–H groups in total. The molecule has 0 saturated carbocycles. The van der Waals surface area contributed by atoms with Crippen LogP contribution in [0.1, 0.15) is 0 Å². The molecule has 3 aromatic rings. The summed E-state index contributed by atoms with van der Waals surface area (Å²) in [6.45, 7) is 3.49. The van der Waals surface area contributed by atoms with Gasteiger partial charge in [-0.2, -0.15) is 5.10 Å². The van der Waals surface area contributed by atoms with Crippen molar-refractivity contribution in [1.82, 2.24) is 24.9 Å². The van der Waals surface area contributed by atoms with Crippen molar-refractivity contribution in [2.75, 3.05) is 31.1 Å². The lowest BCUT2D eigenvalue weighted by Gasteiger charge is -2.28. The summed E-state index contributed by atoms with van der Waals surface area (Å²) in [7, 11) is 0. The molecule has 0 bridgehead atoms. The molecule has 2 aromatic heterocycles. The number of benzene rings is 1. The molecule has 0 atom stereocenters. The van der Waals surface area contributed by atoms with Gasteiger partial charge in [-0.3, -0.25) is 0 Å². The van der Waals surface area contributed by atoms with Gasteiger partial charge in [0, 0.05) is 32.2 Å². The van der Waals surface area contributed by atoms with Crippen LogP contribution in [0.3, 0.4) is 0 Å². The smallest absolute Gasteiger partial charge is 0.199 e. The third-order valence-electron chi connectivity index (χ3n) is 3.64. The third-order valence-corrected chi connectivity index (χ3v) is 4.24. The predicted octanol–water partition coefficient (Wildman–Crippen LogP) is 1.59.